The highest BCUT2D eigenvalue weighted by Crippen LogP contribution is 2.57. The first-order valence-electron chi connectivity index (χ1n) is 15.9. The van der Waals surface area contributed by atoms with Crippen LogP contribution >= 0.6 is 0 Å². The van der Waals surface area contributed by atoms with E-state index in [0.29, 0.717) is 29.0 Å². The van der Waals surface area contributed by atoms with Crippen molar-refractivity contribution >= 4 is 29.0 Å². The number of nitrogens with zero attached hydrogens (tertiary/aromatic N) is 2. The molecule has 3 aliphatic carbocycles. The number of likely N-dealkylation sites (N-methyl/N-ethyl adjacent to an activating group) is 1. The molecule has 1 heterocycles. The average molecular weight is 632 g/mol. The summed E-state index contributed by atoms with van der Waals surface area (Å²) in [6.45, 7) is 6.21. The number of aliphatic hydroxyl groups is 1. The van der Waals surface area contributed by atoms with Crippen LogP contribution in [0.15, 0.2) is 30.3 Å². The number of fused-ring (bicyclic) bond motifs is 3. The number of aromatic hydroxyl groups is 1. The molecule has 2 unspecified atom stereocenters. The lowest BCUT2D eigenvalue weighted by atomic mass is 9.47. The normalized spacial score (nSPS) is 32.7. The third kappa shape index (κ3) is 4.46. The van der Waals surface area contributed by atoms with Gasteiger partial charge in [-0.25, -0.2) is 0 Å². The first-order chi connectivity index (χ1) is 21.7. The summed E-state index contributed by atoms with van der Waals surface area (Å²) in [5.41, 5.74) is 5.19. The Morgan fingerprint density at radius 2 is 1.74 bits per heavy atom. The fraction of sp³-hybridized carbons (Fsp3) is 0.514. The summed E-state index contributed by atoms with van der Waals surface area (Å²) in [6.07, 6.45) is 2.26. The minimum Gasteiger partial charge on any atom is -0.507 e. The average Bonchev–Trinajstić information content (AvgIpc) is 3.52. The second kappa shape index (κ2) is 11.4. The Hall–Kier alpha value is -3.93. The van der Waals surface area contributed by atoms with Crippen molar-refractivity contribution in [1.82, 2.24) is 9.80 Å². The van der Waals surface area contributed by atoms with E-state index < -0.39 is 76.2 Å². The molecule has 1 amide bonds. The van der Waals surface area contributed by atoms with E-state index in [4.69, 9.17) is 10.5 Å². The second-order valence-electron chi connectivity index (χ2n) is 13.7. The zero-order valence-corrected chi connectivity index (χ0v) is 26.8. The number of methoxy groups -OCH3 is 1. The summed E-state index contributed by atoms with van der Waals surface area (Å²) in [4.78, 5) is 72.0. The molecule has 0 bridgehead atoms. The van der Waals surface area contributed by atoms with Crippen LogP contribution in [0, 0.1) is 29.6 Å². The van der Waals surface area contributed by atoms with Crippen molar-refractivity contribution in [2.45, 2.75) is 50.8 Å². The topological polar surface area (TPSA) is 168 Å². The first kappa shape index (κ1) is 32.0. The summed E-state index contributed by atoms with van der Waals surface area (Å²) < 4.78 is 5.61. The van der Waals surface area contributed by atoms with Crippen molar-refractivity contribution in [3.63, 3.8) is 0 Å². The van der Waals surface area contributed by atoms with Gasteiger partial charge in [0.15, 0.2) is 34.7 Å². The molecule has 8 atom stereocenters. The van der Waals surface area contributed by atoms with Gasteiger partial charge in [-0.2, -0.15) is 0 Å². The van der Waals surface area contributed by atoms with Crippen molar-refractivity contribution in [2.24, 2.45) is 35.3 Å². The molecule has 4 N–H and O–H groups in total. The van der Waals surface area contributed by atoms with Gasteiger partial charge in [-0.3, -0.25) is 33.8 Å². The Labute approximate surface area is 267 Å². The molecule has 0 spiro atoms. The molecule has 1 aliphatic heterocycles. The fourth-order valence-electron chi connectivity index (χ4n) is 8.97. The second-order valence-corrected chi connectivity index (χ2v) is 13.7. The number of ether oxygens (including phenoxy) is 1. The smallest absolute Gasteiger partial charge is 0.235 e. The number of carbonyl (C=O) groups excluding carboxylic acids is 5. The van der Waals surface area contributed by atoms with E-state index in [2.05, 4.69) is 4.90 Å². The molecule has 0 aromatic heterocycles. The number of phenolic OH excluding ortho intramolecular Hbond substituents is 1. The molecule has 3 fully saturated rings. The number of hydrogen-bond donors (Lipinski definition) is 3. The first-order valence-corrected chi connectivity index (χ1v) is 15.9. The Morgan fingerprint density at radius 3 is 2.35 bits per heavy atom. The van der Waals surface area contributed by atoms with Crippen LogP contribution in [0.3, 0.4) is 0 Å². The number of benzene rings is 2. The molecule has 11 nitrogen and oxygen atoms in total. The van der Waals surface area contributed by atoms with E-state index in [0.717, 1.165) is 31.5 Å². The summed E-state index contributed by atoms with van der Waals surface area (Å²) in [6, 6.07) is 7.95. The van der Waals surface area contributed by atoms with Gasteiger partial charge in [-0.1, -0.05) is 32.0 Å². The number of hydrogen-bond acceptors (Lipinski definition) is 10. The molecular formula is C35H41N3O8. The summed E-state index contributed by atoms with van der Waals surface area (Å²) in [5, 5.41) is 23.7. The van der Waals surface area contributed by atoms with Crippen molar-refractivity contribution in [3.05, 3.63) is 47.0 Å². The molecule has 2 saturated carbocycles. The van der Waals surface area contributed by atoms with Crippen molar-refractivity contribution in [1.29, 1.82) is 0 Å². The quantitative estimate of drug-likeness (QED) is 0.401. The van der Waals surface area contributed by atoms with Gasteiger partial charge in [-0.15, -0.1) is 0 Å². The maximum Gasteiger partial charge on any atom is 0.235 e. The fourth-order valence-corrected chi connectivity index (χ4v) is 8.97. The number of nitrogens with two attached hydrogens (primary N) is 1. The highest BCUT2D eigenvalue weighted by atomic mass is 16.5. The molecule has 46 heavy (non-hydrogen) atoms. The van der Waals surface area contributed by atoms with Crippen LogP contribution in [-0.2, 0) is 25.7 Å². The van der Waals surface area contributed by atoms with Crippen LogP contribution in [-0.4, -0.2) is 95.0 Å². The third-order valence-corrected chi connectivity index (χ3v) is 11.1. The standard InChI is InChI=1S/C35H41N3O8/c1-16-20-9-10-21(18-8-11-22(46-5)19(14-18)15-38-12-6-7-13-38)29(39)24(20)30(40)25-23(16)17(2)27-28(37(3)4)31(41)26(34(36)44)33(43)35(27,45)32(25)42/h8-11,14,16-17,23,25-28,39,45H,6-7,12-13,15H2,1-5H3,(H2,36,44)/t16-,17-,23-,25?,26?,27-,28-,35-/m0/s1. The molecule has 0 radical (unpaired) electrons. The minimum atomic E-state index is -2.79. The largest absolute Gasteiger partial charge is 0.507 e. The maximum atomic E-state index is 14.4. The molecule has 11 heteroatoms. The van der Waals surface area contributed by atoms with Gasteiger partial charge in [0.2, 0.25) is 5.91 Å². The SMILES string of the molecule is COc1ccc(-c2ccc3c(c2O)C(=O)C2C(=O)[C@]4(O)C(=O)C(C(N)=O)C(=O)[C@@H](N(C)C)[C@@H]4[C@@H](C)[C@@H]2[C@H]3C)cc1CN1CCCC1. The van der Waals surface area contributed by atoms with Gasteiger partial charge >= 0.3 is 0 Å². The van der Waals surface area contributed by atoms with Gasteiger partial charge in [0, 0.05) is 23.6 Å². The summed E-state index contributed by atoms with van der Waals surface area (Å²) in [5.74, 6) is -11.1. The zero-order chi connectivity index (χ0) is 33.4. The minimum absolute atomic E-state index is 0.0271. The van der Waals surface area contributed by atoms with Crippen LogP contribution in [0.5, 0.6) is 11.5 Å². The van der Waals surface area contributed by atoms with Crippen LogP contribution in [0.1, 0.15) is 54.1 Å². The predicted octanol–water partition coefficient (Wildman–Crippen LogP) is 1.95. The van der Waals surface area contributed by atoms with Gasteiger partial charge < -0.3 is 20.7 Å². The van der Waals surface area contributed by atoms with Crippen LogP contribution in [0.4, 0.5) is 0 Å². The number of carbonyl (C=O) groups is 5. The lowest BCUT2D eigenvalue weighted by molar-refractivity contribution is -0.188. The molecule has 6 rings (SSSR count). The van der Waals surface area contributed by atoms with E-state index in [1.807, 2.05) is 19.1 Å². The Bertz CT molecular complexity index is 1660. The van der Waals surface area contributed by atoms with Crippen molar-refractivity contribution in [2.75, 3.05) is 34.3 Å². The summed E-state index contributed by atoms with van der Waals surface area (Å²) >= 11 is 0. The molecular weight excluding hydrogens is 590 g/mol. The Balaban J connectivity index is 1.45. The number of phenols is 1. The van der Waals surface area contributed by atoms with Crippen LogP contribution in [0.25, 0.3) is 11.1 Å². The van der Waals surface area contributed by atoms with Gasteiger partial charge in [0.25, 0.3) is 0 Å². The molecule has 2 aromatic carbocycles. The highest BCUT2D eigenvalue weighted by Gasteiger charge is 2.72. The van der Waals surface area contributed by atoms with Gasteiger partial charge in [0.1, 0.15) is 11.5 Å². The number of ketones is 4. The van der Waals surface area contributed by atoms with Crippen LogP contribution in [0.2, 0.25) is 0 Å². The van der Waals surface area contributed by atoms with E-state index >= 15 is 0 Å². The number of rotatable bonds is 6. The molecule has 2 aromatic rings. The number of likely N-dealkylation sites (tertiary alicyclic amines) is 1. The maximum absolute atomic E-state index is 14.4. The van der Waals surface area contributed by atoms with E-state index in [-0.39, 0.29) is 11.3 Å². The third-order valence-electron chi connectivity index (χ3n) is 11.1. The van der Waals surface area contributed by atoms with Gasteiger partial charge in [0.05, 0.1) is 24.6 Å². The van der Waals surface area contributed by atoms with Crippen molar-refractivity contribution < 1.29 is 38.9 Å². The van der Waals surface area contributed by atoms with E-state index in [1.165, 1.54) is 4.90 Å². The Kier molecular flexibility index (Phi) is 7.93. The molecule has 4 aliphatic rings. The number of primary amides is 1. The molecule has 244 valence electrons. The van der Waals surface area contributed by atoms with Crippen LogP contribution < -0.4 is 10.5 Å². The number of Topliss-reactive ketones (excluding diaryl/α,β-unsaturated/α-hetero) is 4. The lowest BCUT2D eigenvalue weighted by Crippen LogP contribution is -2.76. The summed E-state index contributed by atoms with van der Waals surface area (Å²) in [7, 11) is 4.75. The van der Waals surface area contributed by atoms with Crippen molar-refractivity contribution in [3.8, 4) is 22.6 Å². The highest BCUT2D eigenvalue weighted by molar-refractivity contribution is 6.32. The monoisotopic (exact) mass is 631 g/mol. The van der Waals surface area contributed by atoms with E-state index in [1.54, 1.807) is 46.3 Å². The lowest BCUT2D eigenvalue weighted by Gasteiger charge is -2.57. The predicted molar refractivity (Wildman–Crippen MR) is 167 cm³/mol. The van der Waals surface area contributed by atoms with E-state index in [9.17, 15) is 34.2 Å². The number of amides is 1. The van der Waals surface area contributed by atoms with Gasteiger partial charge in [-0.05, 0) is 81.0 Å². The zero-order valence-electron chi connectivity index (χ0n) is 26.8. The molecule has 1 saturated heterocycles. The Morgan fingerprint density at radius 1 is 1.07 bits per heavy atom.